The predicted molar refractivity (Wildman–Crippen MR) is 119 cm³/mol. The molecule has 0 fully saturated rings. The lowest BCUT2D eigenvalue weighted by atomic mass is 10.1. The van der Waals surface area contributed by atoms with E-state index in [0.29, 0.717) is 11.4 Å². The quantitative estimate of drug-likeness (QED) is 0.403. The largest absolute Gasteiger partial charge is 0.352 e. The summed E-state index contributed by atoms with van der Waals surface area (Å²) in [4.78, 5) is 29.5. The number of aryl methyl sites for hydroxylation is 1. The van der Waals surface area contributed by atoms with E-state index in [2.05, 4.69) is 20.9 Å². The molecule has 2 aliphatic heterocycles. The summed E-state index contributed by atoms with van der Waals surface area (Å²) in [5.41, 5.74) is 2.52. The lowest BCUT2D eigenvalue weighted by Gasteiger charge is -2.18. The van der Waals surface area contributed by atoms with Gasteiger partial charge in [-0.2, -0.15) is 10.1 Å². The first-order valence-electron chi connectivity index (χ1n) is 9.29. The summed E-state index contributed by atoms with van der Waals surface area (Å²) in [5.74, 6) is 0.301. The first-order valence-corrected chi connectivity index (χ1v) is 10.1. The second kappa shape index (κ2) is 6.77. The third-order valence-electron chi connectivity index (χ3n) is 5.14. The van der Waals surface area contributed by atoms with Crippen molar-refractivity contribution in [2.45, 2.75) is 6.92 Å². The average Bonchev–Trinajstić information content (AvgIpc) is 3.09. The van der Waals surface area contributed by atoms with Gasteiger partial charge in [-0.15, -0.1) is 0 Å². The van der Waals surface area contributed by atoms with Gasteiger partial charge in [-0.3, -0.25) is 13.9 Å². The number of pyridine rings is 1. The van der Waals surface area contributed by atoms with Crippen LogP contribution in [0.5, 0.6) is 0 Å². The van der Waals surface area contributed by atoms with Crippen LogP contribution in [-0.4, -0.2) is 23.9 Å². The first kappa shape index (κ1) is 18.5. The number of benzene rings is 2. The minimum Gasteiger partial charge on any atom is -0.278 e. The van der Waals surface area contributed by atoms with Gasteiger partial charge < -0.3 is 0 Å². The highest BCUT2D eigenvalue weighted by Gasteiger charge is 2.24. The van der Waals surface area contributed by atoms with Gasteiger partial charge in [0.2, 0.25) is 0 Å². The van der Waals surface area contributed by atoms with E-state index in [0.717, 1.165) is 37.1 Å². The van der Waals surface area contributed by atoms with Crippen molar-refractivity contribution in [1.29, 1.82) is 0 Å². The van der Waals surface area contributed by atoms with E-state index in [1.165, 1.54) is 7.05 Å². The summed E-state index contributed by atoms with van der Waals surface area (Å²) in [6.07, 6.45) is 0. The number of aromatic nitrogens is 5. The van der Waals surface area contributed by atoms with E-state index < -0.39 is 5.69 Å². The molecule has 3 aromatic rings. The monoisotopic (exact) mass is 461 g/mol. The van der Waals surface area contributed by atoms with Gasteiger partial charge >= 0.3 is 5.69 Å². The molecule has 0 N–H and O–H groups in total. The van der Waals surface area contributed by atoms with E-state index in [1.807, 2.05) is 70.8 Å². The van der Waals surface area contributed by atoms with Crippen molar-refractivity contribution >= 4 is 27.0 Å². The minimum absolute atomic E-state index is 0.301. The smallest absolute Gasteiger partial charge is 0.278 e. The molecule has 0 radical (unpaired) electrons. The zero-order valence-corrected chi connectivity index (χ0v) is 17.8. The van der Waals surface area contributed by atoms with Crippen molar-refractivity contribution in [2.24, 2.45) is 7.05 Å². The molecule has 30 heavy (non-hydrogen) atoms. The van der Waals surface area contributed by atoms with Crippen LogP contribution in [0.2, 0.25) is 0 Å². The molecule has 0 atom stereocenters. The number of halogens is 1. The summed E-state index contributed by atoms with van der Waals surface area (Å²) >= 11 is 3.46. The van der Waals surface area contributed by atoms with Crippen molar-refractivity contribution in [1.82, 2.24) is 23.9 Å². The molecule has 7 nitrogen and oxygen atoms in total. The highest BCUT2D eigenvalue weighted by Crippen LogP contribution is 2.31. The zero-order chi connectivity index (χ0) is 21.0. The second-order valence-corrected chi connectivity index (χ2v) is 7.94. The molecular formula is C22H16BrN5O2. The number of rotatable bonds is 2. The summed E-state index contributed by atoms with van der Waals surface area (Å²) in [6, 6.07) is 19.1. The molecule has 0 aliphatic carbocycles. The molecule has 0 bridgehead atoms. The van der Waals surface area contributed by atoms with Crippen molar-refractivity contribution in [2.75, 3.05) is 0 Å². The molecule has 0 amide bonds. The molecule has 0 unspecified atom stereocenters. The average molecular weight is 462 g/mol. The van der Waals surface area contributed by atoms with E-state index in [4.69, 9.17) is 5.10 Å². The van der Waals surface area contributed by atoms with Crippen LogP contribution >= 0.6 is 15.9 Å². The molecule has 8 heteroatoms. The third-order valence-corrected chi connectivity index (χ3v) is 5.67. The molecule has 3 heterocycles. The fourth-order valence-corrected chi connectivity index (χ4v) is 3.89. The lowest BCUT2D eigenvalue weighted by molar-refractivity contribution is 0.763. The van der Waals surface area contributed by atoms with Gasteiger partial charge in [0.05, 0.1) is 16.9 Å². The summed E-state index contributed by atoms with van der Waals surface area (Å²) in [5, 5.41) is 5.54. The van der Waals surface area contributed by atoms with Gasteiger partial charge in [-0.25, -0.2) is 9.48 Å². The van der Waals surface area contributed by atoms with Crippen LogP contribution in [0, 0.1) is 6.92 Å². The third kappa shape index (κ3) is 2.72. The highest BCUT2D eigenvalue weighted by atomic mass is 79.9. The van der Waals surface area contributed by atoms with Crippen molar-refractivity contribution in [3.05, 3.63) is 91.7 Å². The van der Waals surface area contributed by atoms with Crippen LogP contribution in [0.1, 0.15) is 5.69 Å². The van der Waals surface area contributed by atoms with Crippen molar-refractivity contribution in [3.8, 4) is 22.8 Å². The number of fused-ring (bicyclic) bond motifs is 2. The summed E-state index contributed by atoms with van der Waals surface area (Å²) in [7, 11) is 1.44. The van der Waals surface area contributed by atoms with Crippen LogP contribution in [-0.2, 0) is 7.05 Å². The zero-order valence-electron chi connectivity index (χ0n) is 16.2. The SMILES string of the molecule is Cc1nn(-c2ccccc2)c2c1cc1c(=O)n(C)c(=O)nc-1n2-c1ccc(Br)cc1. The fraction of sp³-hybridized carbons (Fsp3) is 0.0909. The molecule has 5 rings (SSSR count). The lowest BCUT2D eigenvalue weighted by Crippen LogP contribution is -2.35. The van der Waals surface area contributed by atoms with Gasteiger partial charge in [0.15, 0.2) is 5.82 Å². The summed E-state index contributed by atoms with van der Waals surface area (Å²) in [6.45, 7) is 1.90. The molecule has 0 spiro atoms. The highest BCUT2D eigenvalue weighted by molar-refractivity contribution is 9.10. The van der Waals surface area contributed by atoms with Gasteiger partial charge in [0.1, 0.15) is 5.65 Å². The molecule has 148 valence electrons. The fourth-order valence-electron chi connectivity index (χ4n) is 3.63. The molecule has 2 aliphatic rings. The minimum atomic E-state index is -0.597. The van der Waals surface area contributed by atoms with Crippen LogP contribution < -0.4 is 11.2 Å². The number of hydrogen-bond donors (Lipinski definition) is 0. The molecule has 2 aromatic carbocycles. The van der Waals surface area contributed by atoms with Crippen LogP contribution in [0.25, 0.3) is 33.8 Å². The second-order valence-electron chi connectivity index (χ2n) is 7.02. The Morgan fingerprint density at radius 2 is 1.63 bits per heavy atom. The van der Waals surface area contributed by atoms with E-state index in [-0.39, 0.29) is 5.56 Å². The molecule has 1 aromatic heterocycles. The van der Waals surface area contributed by atoms with Gasteiger partial charge in [-0.05, 0) is 49.4 Å². The Kier molecular flexibility index (Phi) is 4.18. The van der Waals surface area contributed by atoms with E-state index in [9.17, 15) is 9.59 Å². The normalized spacial score (nSPS) is 11.4. The standard InChI is InChI=1S/C22H16BrN5O2/c1-13-17-12-18-19(24-22(30)26(2)21(18)29)27(15-10-8-14(23)9-11-15)20(17)28(25-13)16-6-4-3-5-7-16/h3-12H,1-2H3. The molecular weight excluding hydrogens is 446 g/mol. The molecule has 0 saturated carbocycles. The first-order chi connectivity index (χ1) is 14.5. The Bertz CT molecular complexity index is 1500. The maximum atomic E-state index is 12.9. The maximum absolute atomic E-state index is 12.9. The number of para-hydroxylation sites is 1. The molecule has 0 saturated heterocycles. The number of nitrogens with zero attached hydrogens (tertiary/aromatic N) is 5. The van der Waals surface area contributed by atoms with Crippen LogP contribution in [0.15, 0.2) is 74.7 Å². The van der Waals surface area contributed by atoms with Crippen LogP contribution in [0.4, 0.5) is 0 Å². The Morgan fingerprint density at radius 3 is 2.33 bits per heavy atom. The van der Waals surface area contributed by atoms with Gasteiger partial charge in [0.25, 0.3) is 5.56 Å². The van der Waals surface area contributed by atoms with E-state index in [1.54, 1.807) is 6.07 Å². The van der Waals surface area contributed by atoms with E-state index >= 15 is 0 Å². The summed E-state index contributed by atoms with van der Waals surface area (Å²) < 4.78 is 5.59. The maximum Gasteiger partial charge on any atom is 0.352 e. The van der Waals surface area contributed by atoms with Crippen molar-refractivity contribution < 1.29 is 0 Å². The topological polar surface area (TPSA) is 74.7 Å². The Balaban J connectivity index is 2.04. The number of hydrogen-bond acceptors (Lipinski definition) is 4. The Hall–Kier alpha value is -3.52. The van der Waals surface area contributed by atoms with Crippen molar-refractivity contribution in [3.63, 3.8) is 0 Å². The predicted octanol–water partition coefficient (Wildman–Crippen LogP) is 3.45. The Labute approximate surface area is 179 Å². The Morgan fingerprint density at radius 1 is 0.933 bits per heavy atom. The van der Waals surface area contributed by atoms with Gasteiger partial charge in [0, 0.05) is 22.6 Å². The van der Waals surface area contributed by atoms with Crippen LogP contribution in [0.3, 0.4) is 0 Å². The van der Waals surface area contributed by atoms with Gasteiger partial charge in [-0.1, -0.05) is 34.1 Å².